The zero-order valence-electron chi connectivity index (χ0n) is 20.1. The fourth-order valence-corrected chi connectivity index (χ4v) is 5.94. The van der Waals surface area contributed by atoms with Gasteiger partial charge in [0.2, 0.25) is 0 Å². The van der Waals surface area contributed by atoms with Crippen LogP contribution in [0.1, 0.15) is 22.3 Å². The van der Waals surface area contributed by atoms with Crippen molar-refractivity contribution in [2.75, 3.05) is 20.3 Å². The highest BCUT2D eigenvalue weighted by molar-refractivity contribution is 7.81. The van der Waals surface area contributed by atoms with Gasteiger partial charge in [-0.15, -0.1) is 0 Å². The number of halogens is 1. The highest BCUT2D eigenvalue weighted by atomic mass is 79.9. The van der Waals surface area contributed by atoms with E-state index in [4.69, 9.17) is 0 Å². The molecule has 6 heteroatoms. The van der Waals surface area contributed by atoms with Crippen LogP contribution in [-0.2, 0) is 0 Å². The maximum absolute atomic E-state index is 3.79. The van der Waals surface area contributed by atoms with Crippen LogP contribution in [0, 0.1) is 27.7 Å². The maximum Gasteiger partial charge on any atom is 0.395 e. The molecule has 0 saturated carbocycles. The van der Waals surface area contributed by atoms with Crippen LogP contribution in [0.5, 0.6) is 0 Å². The number of aryl methyl sites for hydroxylation is 4. The summed E-state index contributed by atoms with van der Waals surface area (Å²) in [4.78, 5) is 0. The summed E-state index contributed by atoms with van der Waals surface area (Å²) in [5.74, 6) is 0. The molecular formula is C28H32BrN4P. The smallest absolute Gasteiger partial charge is 0.395 e. The Morgan fingerprint density at radius 2 is 0.529 bits per heavy atom. The molecule has 0 unspecified atom stereocenters. The van der Waals surface area contributed by atoms with Crippen molar-refractivity contribution in [1.82, 2.24) is 0 Å². The van der Waals surface area contributed by atoms with Crippen molar-refractivity contribution in [2.45, 2.75) is 27.7 Å². The molecule has 0 radical (unpaired) electrons. The first-order valence-corrected chi connectivity index (χ1v) is 13.0. The van der Waals surface area contributed by atoms with Crippen molar-refractivity contribution in [3.63, 3.8) is 0 Å². The van der Waals surface area contributed by atoms with E-state index < -0.39 is 7.87 Å². The van der Waals surface area contributed by atoms with Crippen LogP contribution in [0.15, 0.2) is 97.1 Å². The third-order valence-corrected chi connectivity index (χ3v) is 7.77. The fourth-order valence-electron chi connectivity index (χ4n) is 3.45. The van der Waals surface area contributed by atoms with Gasteiger partial charge < -0.3 is 17.0 Å². The number of hydrogen-bond donors (Lipinski definition) is 4. The predicted molar refractivity (Wildman–Crippen MR) is 146 cm³/mol. The van der Waals surface area contributed by atoms with Crippen LogP contribution in [0.4, 0.5) is 22.7 Å². The van der Waals surface area contributed by atoms with Crippen LogP contribution in [0.3, 0.4) is 0 Å². The lowest BCUT2D eigenvalue weighted by atomic mass is 10.2. The molecule has 0 aliphatic heterocycles. The van der Waals surface area contributed by atoms with E-state index in [1.165, 1.54) is 22.3 Å². The summed E-state index contributed by atoms with van der Waals surface area (Å²) in [7, 11) is -2.44. The monoisotopic (exact) mass is 534 g/mol. The lowest BCUT2D eigenvalue weighted by Gasteiger charge is -2.30. The van der Waals surface area contributed by atoms with Crippen LogP contribution < -0.4 is 37.3 Å². The molecule has 0 atom stereocenters. The number of benzene rings is 4. The zero-order valence-corrected chi connectivity index (χ0v) is 22.5. The standard InChI is InChI=1S/C28H32N4P.BrH/c1-21-5-13-25(14-6-21)29-33(30-26-15-7-22(2)8-16-26,31-27-17-9-23(3)10-18-27)32-28-19-11-24(4)12-20-28;/h5-20,29-32H,1-4H3;1H/q+1;/p-1. The molecule has 0 amide bonds. The first-order chi connectivity index (χ1) is 15.9. The number of hydrogen-bond acceptors (Lipinski definition) is 4. The Morgan fingerprint density at radius 3 is 0.706 bits per heavy atom. The minimum atomic E-state index is -2.44. The van der Waals surface area contributed by atoms with E-state index in [0.29, 0.717) is 0 Å². The summed E-state index contributed by atoms with van der Waals surface area (Å²) in [6, 6.07) is 34.0. The Bertz CT molecular complexity index is 980. The van der Waals surface area contributed by atoms with Crippen LogP contribution in [0.25, 0.3) is 0 Å². The van der Waals surface area contributed by atoms with E-state index in [1.54, 1.807) is 0 Å². The van der Waals surface area contributed by atoms with Gasteiger partial charge >= 0.3 is 7.87 Å². The summed E-state index contributed by atoms with van der Waals surface area (Å²) in [5.41, 5.74) is 9.06. The Labute approximate surface area is 214 Å². The second-order valence-corrected chi connectivity index (χ2v) is 10.8. The van der Waals surface area contributed by atoms with Gasteiger partial charge in [0, 0.05) is 0 Å². The Hall–Kier alpha value is -3.01. The molecule has 4 nitrogen and oxygen atoms in total. The number of rotatable bonds is 8. The summed E-state index contributed by atoms with van der Waals surface area (Å²) < 4.78 is 0. The molecule has 34 heavy (non-hydrogen) atoms. The molecule has 4 N–H and O–H groups in total. The van der Waals surface area contributed by atoms with Crippen molar-refractivity contribution in [2.24, 2.45) is 0 Å². The van der Waals surface area contributed by atoms with E-state index in [1.807, 2.05) is 0 Å². The summed E-state index contributed by atoms with van der Waals surface area (Å²) in [6.07, 6.45) is 0. The second kappa shape index (κ2) is 11.4. The summed E-state index contributed by atoms with van der Waals surface area (Å²) >= 11 is 0. The van der Waals surface area contributed by atoms with Gasteiger partial charge in [0.15, 0.2) is 0 Å². The molecule has 0 heterocycles. The zero-order chi connectivity index (χ0) is 23.3. The Balaban J connectivity index is 0.00000324. The first-order valence-electron chi connectivity index (χ1n) is 11.2. The van der Waals surface area contributed by atoms with Gasteiger partial charge in [0.1, 0.15) is 0 Å². The predicted octanol–water partition coefficient (Wildman–Crippen LogP) is 5.35. The van der Waals surface area contributed by atoms with Crippen molar-refractivity contribution < 1.29 is 17.0 Å². The van der Waals surface area contributed by atoms with Gasteiger partial charge in [0.05, 0.1) is 22.7 Å². The molecule has 0 bridgehead atoms. The topological polar surface area (TPSA) is 48.1 Å². The van der Waals surface area contributed by atoms with Gasteiger partial charge in [-0.25, -0.2) is 20.3 Å². The quantitative estimate of drug-likeness (QED) is 0.230. The van der Waals surface area contributed by atoms with E-state index in [0.717, 1.165) is 22.7 Å². The lowest BCUT2D eigenvalue weighted by molar-refractivity contribution is -0.00000691. The van der Waals surface area contributed by atoms with Gasteiger partial charge in [-0.3, -0.25) is 0 Å². The van der Waals surface area contributed by atoms with Crippen molar-refractivity contribution in [3.05, 3.63) is 119 Å². The maximum atomic E-state index is 3.79. The molecule has 0 spiro atoms. The number of anilines is 4. The Kier molecular flexibility index (Phi) is 8.60. The van der Waals surface area contributed by atoms with Crippen LogP contribution in [-0.4, -0.2) is 0 Å². The molecule has 4 aromatic carbocycles. The number of nitrogens with one attached hydrogen (secondary N) is 4. The third-order valence-electron chi connectivity index (χ3n) is 5.39. The molecule has 0 fully saturated rings. The van der Waals surface area contributed by atoms with Gasteiger partial charge in [-0.1, -0.05) is 70.8 Å². The van der Waals surface area contributed by atoms with Crippen molar-refractivity contribution >= 4 is 30.6 Å². The van der Waals surface area contributed by atoms with E-state index in [2.05, 4.69) is 145 Å². The highest BCUT2D eigenvalue weighted by Crippen LogP contribution is 2.56. The molecule has 0 aliphatic carbocycles. The molecule has 176 valence electrons. The lowest BCUT2D eigenvalue weighted by Crippen LogP contribution is -3.00. The van der Waals surface area contributed by atoms with Crippen molar-refractivity contribution in [1.29, 1.82) is 0 Å². The Morgan fingerprint density at radius 1 is 0.353 bits per heavy atom. The molecule has 0 aliphatic rings. The molecule has 0 saturated heterocycles. The SMILES string of the molecule is Cc1ccc(N[P+](Nc2ccc(C)cc2)(Nc2ccc(C)cc2)Nc2ccc(C)cc2)cc1.[Br-]. The largest absolute Gasteiger partial charge is 1.00 e. The van der Waals surface area contributed by atoms with Crippen LogP contribution in [0.2, 0.25) is 0 Å². The minimum Gasteiger partial charge on any atom is -1.00 e. The minimum absolute atomic E-state index is 0. The molecule has 4 aromatic rings. The average molecular weight is 535 g/mol. The average Bonchev–Trinajstić information content (AvgIpc) is 2.80. The second-order valence-electron chi connectivity index (χ2n) is 8.58. The normalized spacial score (nSPS) is 10.7. The van der Waals surface area contributed by atoms with Crippen molar-refractivity contribution in [3.8, 4) is 0 Å². The van der Waals surface area contributed by atoms with Crippen LogP contribution >= 0.6 is 7.87 Å². The van der Waals surface area contributed by atoms with E-state index in [9.17, 15) is 0 Å². The fraction of sp³-hybridized carbons (Fsp3) is 0.143. The molecular weight excluding hydrogens is 503 g/mol. The molecule has 4 rings (SSSR count). The van der Waals surface area contributed by atoms with Gasteiger partial charge in [-0.05, 0) is 76.2 Å². The van der Waals surface area contributed by atoms with E-state index in [-0.39, 0.29) is 17.0 Å². The summed E-state index contributed by atoms with van der Waals surface area (Å²) in [6.45, 7) is 8.41. The summed E-state index contributed by atoms with van der Waals surface area (Å²) in [5, 5.41) is 15.1. The van der Waals surface area contributed by atoms with Gasteiger partial charge in [0.25, 0.3) is 0 Å². The molecule has 0 aromatic heterocycles. The van der Waals surface area contributed by atoms with Gasteiger partial charge in [-0.2, -0.15) is 0 Å². The highest BCUT2D eigenvalue weighted by Gasteiger charge is 2.41. The first kappa shape index (κ1) is 25.6. The third kappa shape index (κ3) is 6.99. The van der Waals surface area contributed by atoms with E-state index >= 15 is 0 Å².